The lowest BCUT2D eigenvalue weighted by Gasteiger charge is -2.27. The van der Waals surface area contributed by atoms with Gasteiger partial charge in [0.2, 0.25) is 11.8 Å². The van der Waals surface area contributed by atoms with Crippen LogP contribution in [0.5, 0.6) is 0 Å². The molecule has 6 heteroatoms. The monoisotopic (exact) mass is 238 g/mol. The average Bonchev–Trinajstić information content (AvgIpc) is 2.15. The van der Waals surface area contributed by atoms with E-state index in [1.165, 1.54) is 18.2 Å². The Morgan fingerprint density at radius 3 is 2.75 bits per heavy atom. The Bertz CT molecular complexity index is 469. The van der Waals surface area contributed by atoms with Crippen LogP contribution < -0.4 is 10.2 Å². The van der Waals surface area contributed by atoms with E-state index in [-0.39, 0.29) is 11.5 Å². The summed E-state index contributed by atoms with van der Waals surface area (Å²) in [6.07, 6.45) is -0.281. The van der Waals surface area contributed by atoms with Crippen LogP contribution in [0.1, 0.15) is 6.42 Å². The Morgan fingerprint density at radius 1 is 1.38 bits per heavy atom. The van der Waals surface area contributed by atoms with Crippen molar-refractivity contribution in [2.45, 2.75) is 6.42 Å². The van der Waals surface area contributed by atoms with E-state index in [2.05, 4.69) is 5.32 Å². The van der Waals surface area contributed by atoms with Crippen molar-refractivity contribution in [3.8, 4) is 0 Å². The number of benzene rings is 1. The fraction of sp³-hybridized carbons (Fsp3) is 0.100. The van der Waals surface area contributed by atoms with Crippen molar-refractivity contribution >= 4 is 34.8 Å². The molecule has 0 radical (unpaired) electrons. The molecule has 82 valence electrons. The maximum atomic E-state index is 13.0. The molecule has 2 rings (SSSR count). The summed E-state index contributed by atoms with van der Waals surface area (Å²) in [4.78, 5) is 23.7. The molecule has 1 aromatic rings. The van der Waals surface area contributed by atoms with Crippen molar-refractivity contribution in [2.24, 2.45) is 0 Å². The first-order valence-corrected chi connectivity index (χ1v) is 4.91. The Hall–Kier alpha value is -1.82. The Balaban J connectivity index is 2.36. The van der Waals surface area contributed by atoms with Crippen LogP contribution >= 0.6 is 12.2 Å². The Labute approximate surface area is 96.0 Å². The molecule has 0 unspecified atom stereocenters. The van der Waals surface area contributed by atoms with Crippen molar-refractivity contribution < 1.29 is 14.0 Å². The highest BCUT2D eigenvalue weighted by Gasteiger charge is 2.29. The fourth-order valence-corrected chi connectivity index (χ4v) is 1.75. The van der Waals surface area contributed by atoms with Crippen LogP contribution in [0.2, 0.25) is 0 Å². The highest BCUT2D eigenvalue weighted by atomic mass is 32.1. The van der Waals surface area contributed by atoms with E-state index < -0.39 is 17.6 Å². The van der Waals surface area contributed by atoms with Gasteiger partial charge < -0.3 is 5.32 Å². The summed E-state index contributed by atoms with van der Waals surface area (Å²) in [6, 6.07) is 5.46. The third kappa shape index (κ3) is 1.92. The number of carbonyl (C=O) groups excluding carboxylic acids is 2. The summed E-state index contributed by atoms with van der Waals surface area (Å²) in [5.41, 5.74) is 0.315. The van der Waals surface area contributed by atoms with Gasteiger partial charge in [0.05, 0.1) is 5.69 Å². The molecule has 1 fully saturated rings. The summed E-state index contributed by atoms with van der Waals surface area (Å²) >= 11 is 4.86. The number of amides is 2. The maximum Gasteiger partial charge on any atom is 0.242 e. The number of hydrogen-bond donors (Lipinski definition) is 1. The van der Waals surface area contributed by atoms with Gasteiger partial charge in [0, 0.05) is 0 Å². The second kappa shape index (κ2) is 3.97. The molecule has 0 aromatic heterocycles. The number of nitrogens with one attached hydrogen (secondary N) is 1. The van der Waals surface area contributed by atoms with Crippen LogP contribution in [0.15, 0.2) is 24.3 Å². The van der Waals surface area contributed by atoms with Gasteiger partial charge in [0.1, 0.15) is 12.2 Å². The van der Waals surface area contributed by atoms with E-state index in [0.29, 0.717) is 5.69 Å². The van der Waals surface area contributed by atoms with Crippen LogP contribution in [-0.4, -0.2) is 16.9 Å². The molecule has 16 heavy (non-hydrogen) atoms. The highest BCUT2D eigenvalue weighted by molar-refractivity contribution is 7.80. The standard InChI is InChI=1S/C10H7FN2O2S/c11-6-2-1-3-7(4-6)13-9(15)5-8(14)12-10(13)16/h1-4H,5H2,(H,12,14,16). The van der Waals surface area contributed by atoms with E-state index in [9.17, 15) is 14.0 Å². The van der Waals surface area contributed by atoms with Gasteiger partial charge in [-0.1, -0.05) is 6.07 Å². The van der Waals surface area contributed by atoms with Gasteiger partial charge >= 0.3 is 0 Å². The van der Waals surface area contributed by atoms with Crippen molar-refractivity contribution in [3.63, 3.8) is 0 Å². The van der Waals surface area contributed by atoms with Crippen LogP contribution in [-0.2, 0) is 9.59 Å². The van der Waals surface area contributed by atoms with Crippen molar-refractivity contribution in [1.82, 2.24) is 5.32 Å². The second-order valence-corrected chi connectivity index (χ2v) is 3.63. The zero-order valence-electron chi connectivity index (χ0n) is 8.07. The number of nitrogens with zero attached hydrogens (tertiary/aromatic N) is 1. The lowest BCUT2D eigenvalue weighted by atomic mass is 10.2. The lowest BCUT2D eigenvalue weighted by Crippen LogP contribution is -2.52. The summed E-state index contributed by atoms with van der Waals surface area (Å²) in [5.74, 6) is -1.37. The molecular formula is C10H7FN2O2S. The molecule has 0 atom stereocenters. The zero-order valence-corrected chi connectivity index (χ0v) is 8.88. The number of halogens is 1. The average molecular weight is 238 g/mol. The smallest absolute Gasteiger partial charge is 0.242 e. The van der Waals surface area contributed by atoms with Gasteiger partial charge in [-0.05, 0) is 30.4 Å². The molecule has 1 N–H and O–H groups in total. The number of carbonyl (C=O) groups is 2. The Morgan fingerprint density at radius 2 is 2.12 bits per heavy atom. The minimum Gasteiger partial charge on any atom is -0.302 e. The van der Waals surface area contributed by atoms with Crippen molar-refractivity contribution in [1.29, 1.82) is 0 Å². The van der Waals surface area contributed by atoms with Crippen LogP contribution in [0.4, 0.5) is 10.1 Å². The molecule has 1 aliphatic rings. The molecule has 1 saturated heterocycles. The van der Waals surface area contributed by atoms with E-state index in [1.807, 2.05) is 0 Å². The van der Waals surface area contributed by atoms with E-state index in [0.717, 1.165) is 4.90 Å². The molecular weight excluding hydrogens is 231 g/mol. The summed E-state index contributed by atoms with van der Waals surface area (Å²) in [6.45, 7) is 0. The zero-order chi connectivity index (χ0) is 11.7. The molecule has 1 heterocycles. The highest BCUT2D eigenvalue weighted by Crippen LogP contribution is 2.18. The van der Waals surface area contributed by atoms with Gasteiger partial charge in [-0.25, -0.2) is 4.39 Å². The molecule has 1 aliphatic heterocycles. The first-order chi connectivity index (χ1) is 7.58. The predicted octanol–water partition coefficient (Wildman–Crippen LogP) is 0.964. The van der Waals surface area contributed by atoms with Crippen molar-refractivity contribution in [3.05, 3.63) is 30.1 Å². The van der Waals surface area contributed by atoms with Crippen molar-refractivity contribution in [2.75, 3.05) is 4.90 Å². The van der Waals surface area contributed by atoms with Crippen LogP contribution in [0.25, 0.3) is 0 Å². The summed E-state index contributed by atoms with van der Waals surface area (Å²) < 4.78 is 13.0. The molecule has 0 spiro atoms. The minimum absolute atomic E-state index is 0.0214. The van der Waals surface area contributed by atoms with Crippen LogP contribution in [0, 0.1) is 5.82 Å². The summed E-state index contributed by atoms with van der Waals surface area (Å²) in [5, 5.41) is 2.33. The summed E-state index contributed by atoms with van der Waals surface area (Å²) in [7, 11) is 0. The fourth-order valence-electron chi connectivity index (χ4n) is 1.43. The van der Waals surface area contributed by atoms with E-state index >= 15 is 0 Å². The Kier molecular flexibility index (Phi) is 2.66. The van der Waals surface area contributed by atoms with Crippen LogP contribution in [0.3, 0.4) is 0 Å². The number of rotatable bonds is 1. The quantitative estimate of drug-likeness (QED) is 0.585. The van der Waals surface area contributed by atoms with Gasteiger partial charge in [-0.2, -0.15) is 0 Å². The first-order valence-electron chi connectivity index (χ1n) is 4.50. The molecule has 0 saturated carbocycles. The normalized spacial score (nSPS) is 16.3. The largest absolute Gasteiger partial charge is 0.302 e. The molecule has 4 nitrogen and oxygen atoms in total. The van der Waals surface area contributed by atoms with E-state index in [4.69, 9.17) is 12.2 Å². The number of thiocarbonyl (C=S) groups is 1. The second-order valence-electron chi connectivity index (χ2n) is 3.24. The van der Waals surface area contributed by atoms with Gasteiger partial charge in [-0.3, -0.25) is 14.5 Å². The third-order valence-corrected chi connectivity index (χ3v) is 2.36. The molecule has 2 amide bonds. The molecule has 0 bridgehead atoms. The topological polar surface area (TPSA) is 49.4 Å². The van der Waals surface area contributed by atoms with E-state index in [1.54, 1.807) is 6.07 Å². The van der Waals surface area contributed by atoms with Gasteiger partial charge in [-0.15, -0.1) is 0 Å². The third-order valence-electron chi connectivity index (χ3n) is 2.08. The first kappa shape index (κ1) is 10.7. The number of hydrogen-bond acceptors (Lipinski definition) is 3. The minimum atomic E-state index is -0.468. The number of anilines is 1. The predicted molar refractivity (Wildman–Crippen MR) is 59.2 cm³/mol. The van der Waals surface area contributed by atoms with Gasteiger partial charge in [0.15, 0.2) is 5.11 Å². The van der Waals surface area contributed by atoms with Gasteiger partial charge in [0.25, 0.3) is 0 Å². The lowest BCUT2D eigenvalue weighted by molar-refractivity contribution is -0.127. The molecule has 0 aliphatic carbocycles. The molecule has 1 aromatic carbocycles. The maximum absolute atomic E-state index is 13.0. The SMILES string of the molecule is O=C1CC(=O)N(c2cccc(F)c2)C(=S)N1.